The summed E-state index contributed by atoms with van der Waals surface area (Å²) in [5, 5.41) is 10.1. The Morgan fingerprint density at radius 1 is 1.11 bits per heavy atom. The molecule has 11 nitrogen and oxygen atoms in total. The van der Waals surface area contributed by atoms with Crippen molar-refractivity contribution in [2.24, 2.45) is 18.9 Å². The van der Waals surface area contributed by atoms with E-state index in [-0.39, 0.29) is 46.9 Å². The Bertz CT molecular complexity index is 1340. The van der Waals surface area contributed by atoms with Gasteiger partial charge in [0.1, 0.15) is 5.75 Å². The van der Waals surface area contributed by atoms with E-state index in [0.717, 1.165) is 32.4 Å². The standard InChI is InChI=1S/C33H53N5O6S/c1-24-18-38(25(2)22-39)33(40)29-17-28(35-45(41,42)32-21-37(5)23-34-32)14-15-30(29)44-26(3)11-9-10-16-43-31(24)20-36(4)19-27-12-7-6-8-13-27/h14-15,17,21,23-27,31,35,39H,6-13,16,18-20,22H2,1-5H3/t24-,25+,26-,31+/m1/s1. The third-order valence-corrected chi connectivity index (χ3v) is 10.3. The van der Waals surface area contributed by atoms with Gasteiger partial charge in [0.05, 0.1) is 36.7 Å². The highest BCUT2D eigenvalue weighted by atomic mass is 32.2. The minimum atomic E-state index is -3.98. The number of nitrogens with zero attached hydrogens (tertiary/aromatic N) is 4. The van der Waals surface area contributed by atoms with Crippen LogP contribution in [0.3, 0.4) is 0 Å². The first-order valence-corrected chi connectivity index (χ1v) is 18.0. The molecule has 45 heavy (non-hydrogen) atoms. The maximum Gasteiger partial charge on any atom is 0.280 e. The number of ether oxygens (including phenoxy) is 2. The average molecular weight is 648 g/mol. The number of aliphatic hydroxyl groups excluding tert-OH is 1. The van der Waals surface area contributed by atoms with E-state index in [9.17, 15) is 18.3 Å². The van der Waals surface area contributed by atoms with Gasteiger partial charge in [0, 0.05) is 51.1 Å². The Balaban J connectivity index is 1.61. The van der Waals surface area contributed by atoms with Crippen LogP contribution in [0.1, 0.15) is 82.5 Å². The number of likely N-dealkylation sites (N-methyl/N-ethyl adjacent to an activating group) is 1. The van der Waals surface area contributed by atoms with Gasteiger partial charge in [-0.3, -0.25) is 9.52 Å². The monoisotopic (exact) mass is 647 g/mol. The van der Waals surface area contributed by atoms with Crippen molar-refractivity contribution in [3.05, 3.63) is 36.3 Å². The molecule has 0 radical (unpaired) electrons. The predicted molar refractivity (Wildman–Crippen MR) is 175 cm³/mol. The van der Waals surface area contributed by atoms with E-state index < -0.39 is 16.1 Å². The summed E-state index contributed by atoms with van der Waals surface area (Å²) in [6.07, 6.45) is 11.7. The quantitative estimate of drug-likeness (QED) is 0.407. The van der Waals surface area contributed by atoms with Gasteiger partial charge in [-0.15, -0.1) is 0 Å². The number of hydrogen-bond donors (Lipinski definition) is 2. The summed E-state index contributed by atoms with van der Waals surface area (Å²) in [6.45, 7) is 8.48. The fraction of sp³-hybridized carbons (Fsp3) is 0.697. The predicted octanol–water partition coefficient (Wildman–Crippen LogP) is 4.53. The first-order valence-electron chi connectivity index (χ1n) is 16.5. The molecule has 0 spiro atoms. The SMILES string of the molecule is C[C@@H]1CCCCO[C@@H](CN(C)CC2CCCCC2)[C@H](C)CN([C@@H](C)CO)C(=O)c2cc(NS(=O)(=O)c3cn(C)cn3)ccc2O1. The Labute approximate surface area is 269 Å². The molecule has 1 aromatic carbocycles. The number of carbonyl (C=O) groups is 1. The van der Waals surface area contributed by atoms with Crippen molar-refractivity contribution in [2.45, 2.75) is 95.4 Å². The number of benzene rings is 1. The van der Waals surface area contributed by atoms with Gasteiger partial charge in [-0.2, -0.15) is 8.42 Å². The van der Waals surface area contributed by atoms with E-state index >= 15 is 0 Å². The third-order valence-electron chi connectivity index (χ3n) is 9.05. The summed E-state index contributed by atoms with van der Waals surface area (Å²) in [5.41, 5.74) is 0.458. The molecular weight excluding hydrogens is 594 g/mol. The second-order valence-electron chi connectivity index (χ2n) is 13.2. The van der Waals surface area contributed by atoms with Gasteiger partial charge in [0.2, 0.25) is 0 Å². The molecule has 1 aromatic heterocycles. The number of aryl methyl sites for hydroxylation is 1. The van der Waals surface area contributed by atoms with E-state index in [1.54, 1.807) is 28.6 Å². The normalized spacial score (nSPS) is 23.7. The van der Waals surface area contributed by atoms with Crippen LogP contribution in [-0.2, 0) is 21.8 Å². The average Bonchev–Trinajstić information content (AvgIpc) is 3.46. The van der Waals surface area contributed by atoms with E-state index in [1.165, 1.54) is 50.7 Å². The number of sulfonamides is 1. The number of amides is 1. The number of carbonyl (C=O) groups excluding carboxylic acids is 1. The minimum Gasteiger partial charge on any atom is -0.490 e. The van der Waals surface area contributed by atoms with Crippen LogP contribution in [0.25, 0.3) is 0 Å². The molecule has 12 heteroatoms. The molecule has 4 rings (SSSR count). The highest BCUT2D eigenvalue weighted by Gasteiger charge is 2.31. The Kier molecular flexibility index (Phi) is 12.7. The van der Waals surface area contributed by atoms with Gasteiger partial charge in [0.15, 0.2) is 5.03 Å². The maximum atomic E-state index is 14.3. The number of rotatable bonds is 9. The van der Waals surface area contributed by atoms with Crippen LogP contribution in [0.15, 0.2) is 35.7 Å². The Morgan fingerprint density at radius 2 is 1.84 bits per heavy atom. The van der Waals surface area contributed by atoms with Gasteiger partial charge >= 0.3 is 0 Å². The molecular formula is C33H53N5O6S. The molecule has 1 amide bonds. The number of aromatic nitrogens is 2. The molecule has 2 N–H and O–H groups in total. The summed E-state index contributed by atoms with van der Waals surface area (Å²) in [5.74, 6) is 0.741. The van der Waals surface area contributed by atoms with Crippen LogP contribution in [0, 0.1) is 11.8 Å². The van der Waals surface area contributed by atoms with Crippen molar-refractivity contribution < 1.29 is 27.8 Å². The lowest BCUT2D eigenvalue weighted by molar-refractivity contribution is -0.0190. The molecule has 2 heterocycles. The van der Waals surface area contributed by atoms with Crippen molar-refractivity contribution in [3.63, 3.8) is 0 Å². The van der Waals surface area contributed by atoms with Crippen molar-refractivity contribution in [1.29, 1.82) is 0 Å². The van der Waals surface area contributed by atoms with E-state index in [4.69, 9.17) is 9.47 Å². The zero-order valence-corrected chi connectivity index (χ0v) is 28.5. The van der Waals surface area contributed by atoms with Gasteiger partial charge in [-0.05, 0) is 77.1 Å². The highest BCUT2D eigenvalue weighted by molar-refractivity contribution is 7.92. The molecule has 1 fully saturated rings. The molecule has 2 aliphatic rings. The van der Waals surface area contributed by atoms with Gasteiger partial charge in [0.25, 0.3) is 15.9 Å². The molecule has 2 aromatic rings. The van der Waals surface area contributed by atoms with Crippen molar-refractivity contribution >= 4 is 21.6 Å². The van der Waals surface area contributed by atoms with Crippen LogP contribution in [0.4, 0.5) is 5.69 Å². The summed E-state index contributed by atoms with van der Waals surface area (Å²) in [6, 6.07) is 4.28. The number of imidazole rings is 1. The van der Waals surface area contributed by atoms with E-state index in [0.29, 0.717) is 24.8 Å². The lowest BCUT2D eigenvalue weighted by Crippen LogP contribution is -2.47. The molecule has 0 bridgehead atoms. The molecule has 0 unspecified atom stereocenters. The molecule has 1 aliphatic carbocycles. The fourth-order valence-electron chi connectivity index (χ4n) is 6.38. The zero-order chi connectivity index (χ0) is 32.6. The van der Waals surface area contributed by atoms with E-state index in [1.807, 2.05) is 13.8 Å². The first kappa shape index (κ1) is 35.2. The molecule has 0 saturated heterocycles. The van der Waals surface area contributed by atoms with Crippen molar-refractivity contribution in [3.8, 4) is 5.75 Å². The highest BCUT2D eigenvalue weighted by Crippen LogP contribution is 2.30. The van der Waals surface area contributed by atoms with Crippen molar-refractivity contribution in [1.82, 2.24) is 19.4 Å². The number of nitrogens with one attached hydrogen (secondary N) is 1. The smallest absolute Gasteiger partial charge is 0.280 e. The first-order chi connectivity index (χ1) is 21.5. The van der Waals surface area contributed by atoms with Crippen LogP contribution in [0.5, 0.6) is 5.75 Å². The Hall–Kier alpha value is -2.67. The zero-order valence-electron chi connectivity index (χ0n) is 27.7. The Morgan fingerprint density at radius 3 is 2.53 bits per heavy atom. The lowest BCUT2D eigenvalue weighted by atomic mass is 9.89. The van der Waals surface area contributed by atoms with Crippen molar-refractivity contribution in [2.75, 3.05) is 44.6 Å². The topological polar surface area (TPSA) is 126 Å². The molecule has 4 atom stereocenters. The lowest BCUT2D eigenvalue weighted by Gasteiger charge is -2.36. The minimum absolute atomic E-state index is 0.0196. The number of aliphatic hydroxyl groups is 1. The summed E-state index contributed by atoms with van der Waals surface area (Å²) in [4.78, 5) is 22.3. The molecule has 252 valence electrons. The number of anilines is 1. The molecule has 1 aliphatic heterocycles. The third kappa shape index (κ3) is 9.91. The summed E-state index contributed by atoms with van der Waals surface area (Å²) in [7, 11) is -0.121. The summed E-state index contributed by atoms with van der Waals surface area (Å²) >= 11 is 0. The second-order valence-corrected chi connectivity index (χ2v) is 14.8. The largest absolute Gasteiger partial charge is 0.490 e. The van der Waals surface area contributed by atoms with Crippen LogP contribution in [0.2, 0.25) is 0 Å². The van der Waals surface area contributed by atoms with Gasteiger partial charge in [-0.1, -0.05) is 26.2 Å². The second kappa shape index (κ2) is 16.2. The van der Waals surface area contributed by atoms with Crippen LogP contribution < -0.4 is 9.46 Å². The summed E-state index contributed by atoms with van der Waals surface area (Å²) < 4.78 is 43.0. The van der Waals surface area contributed by atoms with E-state index in [2.05, 4.69) is 28.6 Å². The van der Waals surface area contributed by atoms with Crippen LogP contribution in [-0.4, -0.2) is 96.9 Å². The molecule has 1 saturated carbocycles. The van der Waals surface area contributed by atoms with Gasteiger partial charge < -0.3 is 28.9 Å². The fourth-order valence-corrected chi connectivity index (χ4v) is 7.41. The van der Waals surface area contributed by atoms with Gasteiger partial charge in [-0.25, -0.2) is 4.98 Å². The maximum absolute atomic E-state index is 14.3. The number of hydrogen-bond acceptors (Lipinski definition) is 8. The number of fused-ring (bicyclic) bond motifs is 1. The van der Waals surface area contributed by atoms with Crippen LogP contribution >= 0.6 is 0 Å².